The minimum absolute atomic E-state index is 0.0305. The van der Waals surface area contributed by atoms with Crippen molar-refractivity contribution in [3.63, 3.8) is 0 Å². The SMILES string of the molecule is CCC(C)OC(=O)N[C@H]1CCN(C(=O)N(C)Cc2cc(C(F)(F)F)cc(C(F)(F)F)c2)[C@@H](c2ccc(F)cc2C)C1. The first-order chi connectivity index (χ1) is 19.0. The number of benzene rings is 2. The third kappa shape index (κ3) is 8.26. The van der Waals surface area contributed by atoms with Gasteiger partial charge in [0.15, 0.2) is 0 Å². The zero-order chi connectivity index (χ0) is 30.7. The van der Waals surface area contributed by atoms with E-state index in [-0.39, 0.29) is 30.7 Å². The Morgan fingerprint density at radius 1 is 1.07 bits per heavy atom. The van der Waals surface area contributed by atoms with E-state index in [1.54, 1.807) is 13.8 Å². The van der Waals surface area contributed by atoms with Crippen LogP contribution >= 0.6 is 0 Å². The zero-order valence-electron chi connectivity index (χ0n) is 23.0. The van der Waals surface area contributed by atoms with Gasteiger partial charge < -0.3 is 19.9 Å². The van der Waals surface area contributed by atoms with Crippen molar-refractivity contribution in [1.82, 2.24) is 15.1 Å². The largest absolute Gasteiger partial charge is 0.447 e. The van der Waals surface area contributed by atoms with E-state index in [9.17, 15) is 40.3 Å². The minimum Gasteiger partial charge on any atom is -0.447 e. The third-order valence-corrected chi connectivity index (χ3v) is 7.04. The average molecular weight is 592 g/mol. The lowest BCUT2D eigenvalue weighted by atomic mass is 9.89. The zero-order valence-corrected chi connectivity index (χ0v) is 23.0. The Hall–Kier alpha value is -3.51. The molecule has 1 fully saturated rings. The van der Waals surface area contributed by atoms with Gasteiger partial charge in [-0.25, -0.2) is 14.0 Å². The van der Waals surface area contributed by atoms with E-state index >= 15 is 0 Å². The molecule has 0 radical (unpaired) electrons. The number of piperidine rings is 1. The molecule has 6 nitrogen and oxygen atoms in total. The Morgan fingerprint density at radius 3 is 2.22 bits per heavy atom. The standard InChI is InChI=1S/C28H32F7N3O3/c1-5-17(3)41-25(39)36-22-8-9-38(24(14-22)23-7-6-21(29)10-16(23)2)26(40)37(4)15-18-11-19(27(30,31)32)13-20(12-18)28(33,34)35/h6-7,10-13,17,22,24H,5,8-9,14-15H2,1-4H3,(H,36,39)/t17?,22-,24+/m0/s1. The Balaban J connectivity index is 1.87. The maximum atomic E-state index is 13.9. The van der Waals surface area contributed by atoms with Crippen molar-refractivity contribution in [3.8, 4) is 0 Å². The molecule has 1 aliphatic heterocycles. The van der Waals surface area contributed by atoms with Gasteiger partial charge in [0, 0.05) is 26.2 Å². The van der Waals surface area contributed by atoms with Crippen LogP contribution in [0.5, 0.6) is 0 Å². The van der Waals surface area contributed by atoms with E-state index in [1.165, 1.54) is 30.1 Å². The van der Waals surface area contributed by atoms with Crippen molar-refractivity contribution in [1.29, 1.82) is 0 Å². The molecule has 1 saturated heterocycles. The van der Waals surface area contributed by atoms with Crippen LogP contribution in [0, 0.1) is 12.7 Å². The Bertz CT molecular complexity index is 1220. The number of carbonyl (C=O) groups is 2. The van der Waals surface area contributed by atoms with Crippen molar-refractivity contribution in [2.45, 2.75) is 77.1 Å². The molecule has 3 rings (SSSR count). The monoisotopic (exact) mass is 591 g/mol. The van der Waals surface area contributed by atoms with Gasteiger partial charge in [-0.2, -0.15) is 26.3 Å². The van der Waals surface area contributed by atoms with E-state index in [1.807, 2.05) is 6.92 Å². The first-order valence-corrected chi connectivity index (χ1v) is 13.0. The van der Waals surface area contributed by atoms with Gasteiger partial charge in [0.2, 0.25) is 0 Å². The summed E-state index contributed by atoms with van der Waals surface area (Å²) in [7, 11) is 1.28. The number of carbonyl (C=O) groups excluding carboxylic acids is 2. The first kappa shape index (κ1) is 32.0. The molecule has 2 aromatic carbocycles. The number of rotatable bonds is 6. The number of nitrogens with zero attached hydrogens (tertiary/aromatic N) is 2. The van der Waals surface area contributed by atoms with E-state index in [2.05, 4.69) is 5.32 Å². The van der Waals surface area contributed by atoms with Crippen molar-refractivity contribution < 1.29 is 45.1 Å². The van der Waals surface area contributed by atoms with Gasteiger partial charge >= 0.3 is 24.5 Å². The number of alkyl carbamates (subject to hydrolysis) is 1. The fourth-order valence-electron chi connectivity index (χ4n) is 4.77. The summed E-state index contributed by atoms with van der Waals surface area (Å²) in [6.45, 7) is 4.83. The lowest BCUT2D eigenvalue weighted by molar-refractivity contribution is -0.143. The van der Waals surface area contributed by atoms with Crippen LogP contribution in [0.15, 0.2) is 36.4 Å². The third-order valence-electron chi connectivity index (χ3n) is 7.04. The van der Waals surface area contributed by atoms with Crippen LogP contribution in [0.4, 0.5) is 40.3 Å². The molecule has 1 N–H and O–H groups in total. The van der Waals surface area contributed by atoms with Crippen molar-refractivity contribution in [2.75, 3.05) is 13.6 Å². The predicted octanol–water partition coefficient (Wildman–Crippen LogP) is 7.45. The number of amides is 3. The van der Waals surface area contributed by atoms with Crippen LogP contribution in [-0.4, -0.2) is 47.7 Å². The van der Waals surface area contributed by atoms with Gasteiger partial charge in [0.1, 0.15) is 11.9 Å². The molecule has 0 aliphatic carbocycles. The minimum atomic E-state index is -5.02. The molecule has 3 amide bonds. The molecule has 41 heavy (non-hydrogen) atoms. The number of likely N-dealkylation sites (tertiary alicyclic amines) is 1. The van der Waals surface area contributed by atoms with Crippen LogP contribution < -0.4 is 5.32 Å². The van der Waals surface area contributed by atoms with Gasteiger partial charge in [0.25, 0.3) is 0 Å². The summed E-state index contributed by atoms with van der Waals surface area (Å²) in [4.78, 5) is 28.4. The number of urea groups is 1. The molecule has 0 spiro atoms. The fraction of sp³-hybridized carbons (Fsp3) is 0.500. The normalized spacial score (nSPS) is 18.6. The summed E-state index contributed by atoms with van der Waals surface area (Å²) in [5, 5.41) is 2.78. The summed E-state index contributed by atoms with van der Waals surface area (Å²) in [6.07, 6.45) is -9.82. The molecular formula is C28H32F7N3O3. The van der Waals surface area contributed by atoms with Gasteiger partial charge in [-0.05, 0) is 80.1 Å². The van der Waals surface area contributed by atoms with E-state index < -0.39 is 60.0 Å². The molecule has 0 aromatic heterocycles. The quantitative estimate of drug-likeness (QED) is 0.355. The number of hydrogen-bond donors (Lipinski definition) is 1. The average Bonchev–Trinajstić information content (AvgIpc) is 2.87. The summed E-state index contributed by atoms with van der Waals surface area (Å²) in [5.74, 6) is -0.492. The summed E-state index contributed by atoms with van der Waals surface area (Å²) < 4.78 is 99.1. The highest BCUT2D eigenvalue weighted by Gasteiger charge is 2.38. The molecule has 1 aliphatic rings. The Labute approximate surface area is 233 Å². The summed E-state index contributed by atoms with van der Waals surface area (Å²) >= 11 is 0. The highest BCUT2D eigenvalue weighted by Crippen LogP contribution is 2.37. The molecule has 13 heteroatoms. The van der Waals surface area contributed by atoms with Crippen molar-refractivity contribution in [2.24, 2.45) is 0 Å². The molecule has 1 unspecified atom stereocenters. The van der Waals surface area contributed by atoms with Crippen LogP contribution in [0.1, 0.15) is 67.0 Å². The fourth-order valence-corrected chi connectivity index (χ4v) is 4.77. The number of alkyl halides is 6. The first-order valence-electron chi connectivity index (χ1n) is 13.0. The maximum absolute atomic E-state index is 13.9. The Morgan fingerprint density at radius 2 is 1.68 bits per heavy atom. The lowest BCUT2D eigenvalue weighted by Gasteiger charge is -2.42. The number of nitrogens with one attached hydrogen (secondary N) is 1. The number of halogens is 7. The highest BCUT2D eigenvalue weighted by atomic mass is 19.4. The number of hydrogen-bond acceptors (Lipinski definition) is 3. The van der Waals surface area contributed by atoms with E-state index in [0.29, 0.717) is 36.1 Å². The molecule has 0 saturated carbocycles. The number of aryl methyl sites for hydroxylation is 1. The highest BCUT2D eigenvalue weighted by molar-refractivity contribution is 5.75. The maximum Gasteiger partial charge on any atom is 0.416 e. The topological polar surface area (TPSA) is 61.9 Å². The molecule has 3 atom stereocenters. The Kier molecular flexibility index (Phi) is 9.81. The summed E-state index contributed by atoms with van der Waals surface area (Å²) in [5.41, 5.74) is -2.17. The smallest absolute Gasteiger partial charge is 0.416 e. The lowest BCUT2D eigenvalue weighted by Crippen LogP contribution is -2.51. The second-order valence-corrected chi connectivity index (χ2v) is 10.3. The van der Waals surface area contributed by atoms with Crippen LogP contribution in [0.3, 0.4) is 0 Å². The van der Waals surface area contributed by atoms with Gasteiger partial charge in [-0.1, -0.05) is 13.0 Å². The second-order valence-electron chi connectivity index (χ2n) is 10.3. The molecule has 1 heterocycles. The molecular weight excluding hydrogens is 559 g/mol. The summed E-state index contributed by atoms with van der Waals surface area (Å²) in [6, 6.07) is 3.50. The predicted molar refractivity (Wildman–Crippen MR) is 136 cm³/mol. The van der Waals surface area contributed by atoms with Gasteiger partial charge in [-0.15, -0.1) is 0 Å². The van der Waals surface area contributed by atoms with Crippen LogP contribution in [-0.2, 0) is 23.6 Å². The molecule has 226 valence electrons. The number of ether oxygens (including phenoxy) is 1. The van der Waals surface area contributed by atoms with E-state index in [0.717, 1.165) is 4.90 Å². The van der Waals surface area contributed by atoms with Crippen LogP contribution in [0.25, 0.3) is 0 Å². The van der Waals surface area contributed by atoms with Crippen molar-refractivity contribution in [3.05, 3.63) is 70.0 Å². The second kappa shape index (κ2) is 12.6. The van der Waals surface area contributed by atoms with E-state index in [4.69, 9.17) is 4.74 Å². The van der Waals surface area contributed by atoms with Gasteiger partial charge in [0.05, 0.1) is 17.2 Å². The molecule has 2 aromatic rings. The van der Waals surface area contributed by atoms with Crippen molar-refractivity contribution >= 4 is 12.1 Å². The molecule has 0 bridgehead atoms. The van der Waals surface area contributed by atoms with Crippen LogP contribution in [0.2, 0.25) is 0 Å². The van der Waals surface area contributed by atoms with Gasteiger partial charge in [-0.3, -0.25) is 0 Å².